The normalized spacial score (nSPS) is 16.5. The monoisotopic (exact) mass is 456 g/mol. The van der Waals surface area contributed by atoms with Gasteiger partial charge < -0.3 is 20.1 Å². The number of ether oxygens (including phenoxy) is 1. The fraction of sp³-hybridized carbons (Fsp3) is 0.586. The van der Waals surface area contributed by atoms with Gasteiger partial charge in [0, 0.05) is 5.56 Å². The molecule has 0 radical (unpaired) electrons. The summed E-state index contributed by atoms with van der Waals surface area (Å²) >= 11 is 0. The van der Waals surface area contributed by atoms with Crippen LogP contribution in [0, 0.1) is 20.8 Å². The predicted molar refractivity (Wildman–Crippen MR) is 137 cm³/mol. The molecule has 0 spiro atoms. The van der Waals surface area contributed by atoms with Crippen LogP contribution in [0.2, 0.25) is 0 Å². The number of phenolic OH excluding ortho intramolecular Hbond substituents is 2. The Bertz CT molecular complexity index is 868. The van der Waals surface area contributed by atoms with Crippen LogP contribution in [0.3, 0.4) is 0 Å². The molecule has 0 saturated carbocycles. The maximum absolute atomic E-state index is 10.9. The van der Waals surface area contributed by atoms with Crippen LogP contribution in [0.15, 0.2) is 34.9 Å². The van der Waals surface area contributed by atoms with Gasteiger partial charge in [-0.2, -0.15) is 0 Å². The Morgan fingerprint density at radius 1 is 0.848 bits per heavy atom. The highest BCUT2D eigenvalue weighted by atomic mass is 16.5. The van der Waals surface area contributed by atoms with E-state index in [1.165, 1.54) is 16.7 Å². The van der Waals surface area contributed by atoms with Gasteiger partial charge in [0.1, 0.15) is 11.5 Å². The van der Waals surface area contributed by atoms with Crippen molar-refractivity contribution in [2.75, 3.05) is 13.2 Å². The summed E-state index contributed by atoms with van der Waals surface area (Å²) in [7, 11) is 0. The van der Waals surface area contributed by atoms with E-state index in [2.05, 4.69) is 32.1 Å². The number of hydrogen-bond acceptors (Lipinski definition) is 4. The number of hydrogen-bond donors (Lipinski definition) is 3. The van der Waals surface area contributed by atoms with E-state index in [9.17, 15) is 15.3 Å². The quantitative estimate of drug-likeness (QED) is 0.236. The van der Waals surface area contributed by atoms with Crippen molar-refractivity contribution >= 4 is 0 Å². The minimum absolute atomic E-state index is 0.242. The molecule has 33 heavy (non-hydrogen) atoms. The van der Waals surface area contributed by atoms with Crippen molar-refractivity contribution in [1.82, 2.24) is 0 Å². The molecule has 1 aliphatic heterocycles. The molecule has 1 aliphatic rings. The molecule has 1 aromatic rings. The lowest BCUT2D eigenvalue weighted by Crippen LogP contribution is -2.24. The molecule has 4 nitrogen and oxygen atoms in total. The van der Waals surface area contributed by atoms with E-state index in [1.54, 1.807) is 0 Å². The van der Waals surface area contributed by atoms with Crippen molar-refractivity contribution < 1.29 is 20.1 Å². The van der Waals surface area contributed by atoms with Gasteiger partial charge in [-0.3, -0.25) is 0 Å². The van der Waals surface area contributed by atoms with E-state index < -0.39 is 5.60 Å². The highest BCUT2D eigenvalue weighted by Gasteiger charge is 2.23. The Morgan fingerprint density at radius 3 is 2.03 bits per heavy atom. The summed E-state index contributed by atoms with van der Waals surface area (Å²) in [6.07, 6.45) is 13.8. The van der Waals surface area contributed by atoms with Crippen LogP contribution in [0.1, 0.15) is 88.0 Å². The second-order valence-electron chi connectivity index (χ2n) is 10.1. The van der Waals surface area contributed by atoms with Gasteiger partial charge in [-0.15, -0.1) is 0 Å². The maximum atomic E-state index is 10.9. The molecule has 0 amide bonds. The fourth-order valence-corrected chi connectivity index (χ4v) is 4.23. The number of phenols is 2. The van der Waals surface area contributed by atoms with Crippen LogP contribution >= 0.6 is 0 Å². The first-order chi connectivity index (χ1) is 15.5. The third kappa shape index (κ3) is 8.35. The zero-order valence-electron chi connectivity index (χ0n) is 21.6. The molecule has 1 fully saturated rings. The Hall–Kier alpha value is -2.04. The molecular formula is C29H44O4. The van der Waals surface area contributed by atoms with Crippen LogP contribution in [0.4, 0.5) is 0 Å². The Balaban J connectivity index is 1.76. The molecule has 1 atom stereocenters. The van der Waals surface area contributed by atoms with Gasteiger partial charge in [-0.05, 0) is 115 Å². The summed E-state index contributed by atoms with van der Waals surface area (Å²) in [6, 6.07) is 0. The Kier molecular flexibility index (Phi) is 10.2. The second-order valence-corrected chi connectivity index (χ2v) is 10.1. The van der Waals surface area contributed by atoms with Crippen molar-refractivity contribution in [3.63, 3.8) is 0 Å². The van der Waals surface area contributed by atoms with Gasteiger partial charge in [0.25, 0.3) is 0 Å². The molecule has 1 aromatic carbocycles. The van der Waals surface area contributed by atoms with Gasteiger partial charge in [0.05, 0.1) is 18.8 Å². The van der Waals surface area contributed by atoms with Crippen molar-refractivity contribution in [2.24, 2.45) is 0 Å². The zero-order chi connectivity index (χ0) is 24.6. The van der Waals surface area contributed by atoms with Crippen LogP contribution in [0.5, 0.6) is 11.5 Å². The molecule has 1 saturated heterocycles. The van der Waals surface area contributed by atoms with Crippen molar-refractivity contribution in [3.05, 3.63) is 57.2 Å². The number of benzene rings is 1. The van der Waals surface area contributed by atoms with Gasteiger partial charge in [-0.25, -0.2) is 0 Å². The summed E-state index contributed by atoms with van der Waals surface area (Å²) in [5, 5.41) is 31.7. The largest absolute Gasteiger partial charge is 0.507 e. The van der Waals surface area contributed by atoms with Crippen LogP contribution in [0.25, 0.3) is 0 Å². The van der Waals surface area contributed by atoms with Crippen molar-refractivity contribution in [1.29, 1.82) is 0 Å². The molecule has 2 rings (SSSR count). The van der Waals surface area contributed by atoms with E-state index in [0.717, 1.165) is 50.9 Å². The minimum atomic E-state index is -0.819. The molecular weight excluding hydrogens is 412 g/mol. The maximum Gasteiger partial charge on any atom is 0.122 e. The molecule has 0 bridgehead atoms. The average Bonchev–Trinajstić information content (AvgIpc) is 2.72. The lowest BCUT2D eigenvalue weighted by Gasteiger charge is -2.24. The average molecular weight is 457 g/mol. The third-order valence-electron chi connectivity index (χ3n) is 7.03. The van der Waals surface area contributed by atoms with Gasteiger partial charge in [0.15, 0.2) is 0 Å². The standard InChI is InChI=1S/C29H44O4/c1-20(12-8-14-25-18-33-19-25)10-7-11-21(2)13-9-16-29(6,32)17-15-26-24(5)27(30)22(3)23(4)28(26)31/h10,13-14,30-32H,7-9,11-12,15-19H2,1-6H3/b20-10+,21-13+. The van der Waals surface area contributed by atoms with Crippen molar-refractivity contribution in [3.8, 4) is 11.5 Å². The molecule has 3 N–H and O–H groups in total. The summed E-state index contributed by atoms with van der Waals surface area (Å²) in [5.74, 6) is 0.485. The molecule has 4 heteroatoms. The highest BCUT2D eigenvalue weighted by Crippen LogP contribution is 2.37. The van der Waals surface area contributed by atoms with E-state index in [4.69, 9.17) is 4.74 Å². The summed E-state index contributed by atoms with van der Waals surface area (Å²) in [4.78, 5) is 0. The first kappa shape index (κ1) is 27.2. The lowest BCUT2D eigenvalue weighted by molar-refractivity contribution is 0.0431. The fourth-order valence-electron chi connectivity index (χ4n) is 4.23. The van der Waals surface area contributed by atoms with E-state index in [0.29, 0.717) is 36.0 Å². The topological polar surface area (TPSA) is 69.9 Å². The minimum Gasteiger partial charge on any atom is -0.507 e. The molecule has 1 unspecified atom stereocenters. The summed E-state index contributed by atoms with van der Waals surface area (Å²) in [5.41, 5.74) is 6.28. The molecule has 184 valence electrons. The lowest BCUT2D eigenvalue weighted by atomic mass is 9.88. The van der Waals surface area contributed by atoms with Crippen LogP contribution in [-0.4, -0.2) is 34.1 Å². The Labute approximate surface area is 200 Å². The van der Waals surface area contributed by atoms with Gasteiger partial charge in [-0.1, -0.05) is 29.4 Å². The highest BCUT2D eigenvalue weighted by molar-refractivity contribution is 5.56. The molecule has 1 heterocycles. The summed E-state index contributed by atoms with van der Waals surface area (Å²) in [6.45, 7) is 13.3. The van der Waals surface area contributed by atoms with Gasteiger partial charge >= 0.3 is 0 Å². The van der Waals surface area contributed by atoms with E-state index in [-0.39, 0.29) is 11.5 Å². The molecule has 0 aromatic heterocycles. The summed E-state index contributed by atoms with van der Waals surface area (Å²) < 4.78 is 5.17. The van der Waals surface area contributed by atoms with Crippen LogP contribution < -0.4 is 0 Å². The Morgan fingerprint density at radius 2 is 1.42 bits per heavy atom. The first-order valence-corrected chi connectivity index (χ1v) is 12.3. The third-order valence-corrected chi connectivity index (χ3v) is 7.03. The zero-order valence-corrected chi connectivity index (χ0v) is 21.6. The van der Waals surface area contributed by atoms with Crippen LogP contribution in [-0.2, 0) is 11.2 Å². The number of aliphatic hydroxyl groups is 1. The number of allylic oxidation sites excluding steroid dienone is 5. The van der Waals surface area contributed by atoms with E-state index >= 15 is 0 Å². The van der Waals surface area contributed by atoms with Crippen molar-refractivity contribution in [2.45, 2.75) is 98.5 Å². The van der Waals surface area contributed by atoms with Gasteiger partial charge in [0.2, 0.25) is 0 Å². The number of aromatic hydroxyl groups is 2. The van der Waals surface area contributed by atoms with E-state index in [1.807, 2.05) is 27.7 Å². The SMILES string of the molecule is C/C(=C\CC/C(C)=C/CCC(C)(O)CCc1c(C)c(O)c(C)c(C)c1O)CCC=C1COC1. The first-order valence-electron chi connectivity index (χ1n) is 12.3. The second kappa shape index (κ2) is 12.4. The molecule has 0 aliphatic carbocycles. The number of rotatable bonds is 12. The smallest absolute Gasteiger partial charge is 0.122 e. The predicted octanol–water partition coefficient (Wildman–Crippen LogP) is 6.90.